The van der Waals surface area contributed by atoms with E-state index in [0.717, 1.165) is 5.69 Å². The number of anilines is 1. The third kappa shape index (κ3) is 2.54. The Kier molecular flexibility index (Phi) is 3.93. The van der Waals surface area contributed by atoms with E-state index in [-0.39, 0.29) is 0 Å². The van der Waals surface area contributed by atoms with E-state index in [2.05, 4.69) is 0 Å². The lowest BCUT2D eigenvalue weighted by Gasteiger charge is -2.26. The van der Waals surface area contributed by atoms with Gasteiger partial charge < -0.3 is 10.0 Å². The number of aryl methyl sites for hydroxylation is 2. The van der Waals surface area contributed by atoms with E-state index < -0.39 is 12.0 Å². The molecule has 0 fully saturated rings. The Morgan fingerprint density at radius 3 is 2.44 bits per heavy atom. The van der Waals surface area contributed by atoms with Crippen LogP contribution in [0.15, 0.2) is 18.2 Å². The fourth-order valence-electron chi connectivity index (χ4n) is 1.74. The normalized spacial score (nSPS) is 12.2. The molecule has 1 N–H and O–H groups in total. The van der Waals surface area contributed by atoms with Crippen LogP contribution in [-0.2, 0) is 4.79 Å². The zero-order valence-corrected chi connectivity index (χ0v) is 10.3. The molecular weight excluding hydrogens is 202 g/mol. The van der Waals surface area contributed by atoms with Crippen LogP contribution >= 0.6 is 0 Å². The van der Waals surface area contributed by atoms with E-state index in [1.807, 2.05) is 50.9 Å². The van der Waals surface area contributed by atoms with Crippen molar-refractivity contribution in [1.82, 2.24) is 0 Å². The molecule has 0 radical (unpaired) electrons. The number of likely N-dealkylation sites (N-methyl/N-ethyl adjacent to an activating group) is 1. The summed E-state index contributed by atoms with van der Waals surface area (Å²) in [5, 5.41) is 9.09. The molecule has 0 aliphatic rings. The minimum absolute atomic E-state index is 0.456. The quantitative estimate of drug-likeness (QED) is 0.849. The first-order valence-electron chi connectivity index (χ1n) is 5.50. The van der Waals surface area contributed by atoms with Crippen molar-refractivity contribution in [2.24, 2.45) is 0 Å². The van der Waals surface area contributed by atoms with Crippen molar-refractivity contribution in [1.29, 1.82) is 0 Å². The van der Waals surface area contributed by atoms with Crippen LogP contribution in [-0.4, -0.2) is 24.2 Å². The number of benzene rings is 1. The minimum atomic E-state index is -0.775. The summed E-state index contributed by atoms with van der Waals surface area (Å²) in [6.07, 6.45) is 0.596. The molecule has 0 aromatic heterocycles. The molecular formula is C13H19NO2. The zero-order chi connectivity index (χ0) is 12.3. The molecule has 88 valence electrons. The number of hydrogen-bond acceptors (Lipinski definition) is 2. The fraction of sp³-hybridized carbons (Fsp3) is 0.462. The molecule has 16 heavy (non-hydrogen) atoms. The van der Waals surface area contributed by atoms with Gasteiger partial charge in [-0.2, -0.15) is 0 Å². The Labute approximate surface area is 96.7 Å². The molecule has 1 aromatic carbocycles. The molecule has 0 amide bonds. The van der Waals surface area contributed by atoms with Gasteiger partial charge in [0, 0.05) is 12.7 Å². The standard InChI is InChI=1S/C13H19NO2/c1-5-12(13(15)16)14(4)11-7-6-9(2)10(3)8-11/h6-8,12H,5H2,1-4H3,(H,15,16). The molecule has 1 aromatic rings. The van der Waals surface area contributed by atoms with Crippen LogP contribution in [0.3, 0.4) is 0 Å². The maximum absolute atomic E-state index is 11.1. The molecule has 3 heteroatoms. The van der Waals surface area contributed by atoms with Gasteiger partial charge in [0.15, 0.2) is 0 Å². The number of carboxylic acids is 1. The third-order valence-corrected chi connectivity index (χ3v) is 3.04. The van der Waals surface area contributed by atoms with Crippen LogP contribution in [0.1, 0.15) is 24.5 Å². The molecule has 0 saturated heterocycles. The summed E-state index contributed by atoms with van der Waals surface area (Å²) in [6.45, 7) is 5.97. The Bertz CT molecular complexity index is 388. The van der Waals surface area contributed by atoms with E-state index in [0.29, 0.717) is 6.42 Å². The smallest absolute Gasteiger partial charge is 0.326 e. The van der Waals surface area contributed by atoms with Crippen LogP contribution < -0.4 is 4.90 Å². The van der Waals surface area contributed by atoms with E-state index in [4.69, 9.17) is 5.11 Å². The van der Waals surface area contributed by atoms with E-state index in [1.165, 1.54) is 11.1 Å². The van der Waals surface area contributed by atoms with Gasteiger partial charge >= 0.3 is 5.97 Å². The van der Waals surface area contributed by atoms with E-state index in [1.54, 1.807) is 0 Å². The molecule has 0 aliphatic carbocycles. The van der Waals surface area contributed by atoms with Gasteiger partial charge in [0.25, 0.3) is 0 Å². The highest BCUT2D eigenvalue weighted by molar-refractivity contribution is 5.78. The van der Waals surface area contributed by atoms with Crippen molar-refractivity contribution < 1.29 is 9.90 Å². The van der Waals surface area contributed by atoms with Gasteiger partial charge in [-0.05, 0) is 43.5 Å². The Balaban J connectivity index is 2.99. The van der Waals surface area contributed by atoms with E-state index >= 15 is 0 Å². The number of rotatable bonds is 4. The van der Waals surface area contributed by atoms with E-state index in [9.17, 15) is 4.79 Å². The van der Waals surface area contributed by atoms with Gasteiger partial charge in [-0.15, -0.1) is 0 Å². The average Bonchev–Trinajstić information content (AvgIpc) is 2.22. The number of aliphatic carboxylic acids is 1. The summed E-state index contributed by atoms with van der Waals surface area (Å²) < 4.78 is 0. The SMILES string of the molecule is CCC(C(=O)O)N(C)c1ccc(C)c(C)c1. The largest absolute Gasteiger partial charge is 0.480 e. The average molecular weight is 221 g/mol. The van der Waals surface area contributed by atoms with Gasteiger partial charge in [0.1, 0.15) is 6.04 Å². The predicted molar refractivity (Wildman–Crippen MR) is 66.0 cm³/mol. The topological polar surface area (TPSA) is 40.5 Å². The van der Waals surface area contributed by atoms with Crippen molar-refractivity contribution in [3.8, 4) is 0 Å². The third-order valence-electron chi connectivity index (χ3n) is 3.04. The number of nitrogens with zero attached hydrogens (tertiary/aromatic N) is 1. The van der Waals surface area contributed by atoms with Gasteiger partial charge in [-0.3, -0.25) is 0 Å². The first-order valence-corrected chi connectivity index (χ1v) is 5.50. The van der Waals surface area contributed by atoms with Crippen LogP contribution in [0.2, 0.25) is 0 Å². The second kappa shape index (κ2) is 5.01. The van der Waals surface area contributed by atoms with Crippen LogP contribution in [0, 0.1) is 13.8 Å². The van der Waals surface area contributed by atoms with Gasteiger partial charge in [-0.25, -0.2) is 4.79 Å². The molecule has 0 heterocycles. The number of carbonyl (C=O) groups is 1. The summed E-state index contributed by atoms with van der Waals surface area (Å²) >= 11 is 0. The predicted octanol–water partition coefficient (Wildman–Crippen LogP) is 2.60. The highest BCUT2D eigenvalue weighted by atomic mass is 16.4. The van der Waals surface area contributed by atoms with Crippen molar-refractivity contribution in [3.63, 3.8) is 0 Å². The second-order valence-corrected chi connectivity index (χ2v) is 4.14. The lowest BCUT2D eigenvalue weighted by molar-refractivity contribution is -0.138. The number of carboxylic acid groups (broad SMARTS) is 1. The van der Waals surface area contributed by atoms with Crippen molar-refractivity contribution in [3.05, 3.63) is 29.3 Å². The fourth-order valence-corrected chi connectivity index (χ4v) is 1.74. The van der Waals surface area contributed by atoms with Crippen molar-refractivity contribution in [2.45, 2.75) is 33.2 Å². The van der Waals surface area contributed by atoms with Gasteiger partial charge in [0.05, 0.1) is 0 Å². The Morgan fingerprint density at radius 1 is 1.38 bits per heavy atom. The first-order chi connectivity index (χ1) is 7.47. The summed E-state index contributed by atoms with van der Waals surface area (Å²) in [5.41, 5.74) is 3.36. The summed E-state index contributed by atoms with van der Waals surface area (Å²) in [7, 11) is 1.83. The maximum atomic E-state index is 11.1. The summed E-state index contributed by atoms with van der Waals surface area (Å²) in [4.78, 5) is 12.9. The monoisotopic (exact) mass is 221 g/mol. The van der Waals surface area contributed by atoms with Crippen LogP contribution in [0.25, 0.3) is 0 Å². The van der Waals surface area contributed by atoms with Gasteiger partial charge in [0.2, 0.25) is 0 Å². The molecule has 0 bridgehead atoms. The van der Waals surface area contributed by atoms with Gasteiger partial charge in [-0.1, -0.05) is 13.0 Å². The van der Waals surface area contributed by atoms with Crippen molar-refractivity contribution in [2.75, 3.05) is 11.9 Å². The first kappa shape index (κ1) is 12.6. The Morgan fingerprint density at radius 2 is 2.00 bits per heavy atom. The van der Waals surface area contributed by atoms with Crippen LogP contribution in [0.5, 0.6) is 0 Å². The zero-order valence-electron chi connectivity index (χ0n) is 10.3. The molecule has 0 spiro atoms. The second-order valence-electron chi connectivity index (χ2n) is 4.14. The molecule has 3 nitrogen and oxygen atoms in total. The van der Waals surface area contributed by atoms with Crippen molar-refractivity contribution >= 4 is 11.7 Å². The molecule has 0 aliphatic heterocycles. The summed E-state index contributed by atoms with van der Waals surface area (Å²) in [5.74, 6) is -0.775. The summed E-state index contributed by atoms with van der Waals surface area (Å²) in [6, 6.07) is 5.56. The number of hydrogen-bond donors (Lipinski definition) is 1. The lowest BCUT2D eigenvalue weighted by Crippen LogP contribution is -2.37. The van der Waals surface area contributed by atoms with Crippen LogP contribution in [0.4, 0.5) is 5.69 Å². The Hall–Kier alpha value is -1.51. The lowest BCUT2D eigenvalue weighted by atomic mass is 10.1. The molecule has 1 rings (SSSR count). The molecule has 1 unspecified atom stereocenters. The molecule has 1 atom stereocenters. The molecule has 0 saturated carbocycles. The minimum Gasteiger partial charge on any atom is -0.480 e. The highest BCUT2D eigenvalue weighted by Crippen LogP contribution is 2.20. The maximum Gasteiger partial charge on any atom is 0.326 e. The highest BCUT2D eigenvalue weighted by Gasteiger charge is 2.20.